The Morgan fingerprint density at radius 1 is 0.957 bits per heavy atom. The molecule has 3 heteroatoms. The summed E-state index contributed by atoms with van der Waals surface area (Å²) in [5.41, 5.74) is 1.50. The van der Waals surface area contributed by atoms with Crippen molar-refractivity contribution in [3.8, 4) is 23.7 Å². The molecule has 0 fully saturated rings. The smallest absolute Gasteiger partial charge is 0.303 e. The van der Waals surface area contributed by atoms with Gasteiger partial charge in [-0.2, -0.15) is 0 Å². The van der Waals surface area contributed by atoms with Gasteiger partial charge < -0.3 is 5.11 Å². The molecule has 1 rings (SSSR count). The van der Waals surface area contributed by atoms with Crippen molar-refractivity contribution in [1.29, 1.82) is 0 Å². The Kier molecular flexibility index (Phi) is 9.72. The number of carboxylic acids is 1. The standard InChI is InChI=1S/C20H22O3/c21-17-19-15-13-18(14-16-19)11-9-7-5-3-1-2-4-6-8-10-12-20(22)23/h13-17H,1-4,6,8,10,12H2,(H,22,23). The average molecular weight is 310 g/mol. The Balaban J connectivity index is 2.08. The van der Waals surface area contributed by atoms with Gasteiger partial charge in [0.1, 0.15) is 6.29 Å². The summed E-state index contributed by atoms with van der Waals surface area (Å²) in [6.45, 7) is 0. The molecule has 0 aliphatic rings. The van der Waals surface area contributed by atoms with Gasteiger partial charge in [-0.05, 0) is 36.8 Å². The molecule has 0 saturated carbocycles. The Labute approximate surface area is 138 Å². The summed E-state index contributed by atoms with van der Waals surface area (Å²) in [5, 5.41) is 8.51. The summed E-state index contributed by atoms with van der Waals surface area (Å²) in [4.78, 5) is 20.9. The fourth-order valence-corrected chi connectivity index (χ4v) is 2.05. The van der Waals surface area contributed by atoms with E-state index >= 15 is 0 Å². The molecule has 0 spiro atoms. The van der Waals surface area contributed by atoms with E-state index in [0.717, 1.165) is 56.8 Å². The van der Waals surface area contributed by atoms with Crippen LogP contribution in [0, 0.1) is 23.7 Å². The third-order valence-corrected chi connectivity index (χ3v) is 3.35. The van der Waals surface area contributed by atoms with Gasteiger partial charge in [-0.1, -0.05) is 49.7 Å². The molecule has 0 bridgehead atoms. The number of aliphatic carboxylic acids is 1. The van der Waals surface area contributed by atoms with E-state index in [2.05, 4.69) is 23.7 Å². The molecule has 0 saturated heterocycles. The highest BCUT2D eigenvalue weighted by molar-refractivity contribution is 5.74. The van der Waals surface area contributed by atoms with Crippen LogP contribution in [0.15, 0.2) is 24.3 Å². The number of unbranched alkanes of at least 4 members (excludes halogenated alkanes) is 6. The second-order valence-corrected chi connectivity index (χ2v) is 5.31. The SMILES string of the molecule is O=Cc1ccc(C#CC#CCCCCCCCCC(=O)O)cc1. The first-order valence-corrected chi connectivity index (χ1v) is 7.98. The van der Waals surface area contributed by atoms with Crippen LogP contribution in [-0.2, 0) is 4.79 Å². The van der Waals surface area contributed by atoms with Crippen LogP contribution in [0.3, 0.4) is 0 Å². The van der Waals surface area contributed by atoms with Gasteiger partial charge in [0.15, 0.2) is 0 Å². The van der Waals surface area contributed by atoms with Crippen LogP contribution >= 0.6 is 0 Å². The summed E-state index contributed by atoms with van der Waals surface area (Å²) in [7, 11) is 0. The van der Waals surface area contributed by atoms with E-state index in [-0.39, 0.29) is 6.42 Å². The Morgan fingerprint density at radius 2 is 1.61 bits per heavy atom. The van der Waals surface area contributed by atoms with Crippen LogP contribution in [0.2, 0.25) is 0 Å². The van der Waals surface area contributed by atoms with Gasteiger partial charge in [0.2, 0.25) is 0 Å². The van der Waals surface area contributed by atoms with E-state index in [0.29, 0.717) is 5.56 Å². The zero-order chi connectivity index (χ0) is 16.8. The van der Waals surface area contributed by atoms with Crippen LogP contribution in [0.1, 0.15) is 67.3 Å². The molecule has 0 aromatic heterocycles. The fraction of sp³-hybridized carbons (Fsp3) is 0.400. The molecule has 1 aromatic rings. The van der Waals surface area contributed by atoms with Crippen LogP contribution in [-0.4, -0.2) is 17.4 Å². The van der Waals surface area contributed by atoms with Crippen molar-refractivity contribution >= 4 is 12.3 Å². The molecule has 0 unspecified atom stereocenters. The van der Waals surface area contributed by atoms with Crippen molar-refractivity contribution in [2.75, 3.05) is 0 Å². The second kappa shape index (κ2) is 12.1. The number of rotatable bonds is 9. The number of carbonyl (C=O) groups excluding carboxylic acids is 1. The quantitative estimate of drug-likeness (QED) is 0.425. The lowest BCUT2D eigenvalue weighted by atomic mass is 10.1. The third-order valence-electron chi connectivity index (χ3n) is 3.35. The second-order valence-electron chi connectivity index (χ2n) is 5.31. The van der Waals surface area contributed by atoms with Gasteiger partial charge in [0, 0.05) is 24.0 Å². The molecule has 120 valence electrons. The van der Waals surface area contributed by atoms with Crippen LogP contribution in [0.25, 0.3) is 0 Å². The Hall–Kier alpha value is -2.52. The molecular weight excluding hydrogens is 288 g/mol. The minimum absolute atomic E-state index is 0.280. The maximum Gasteiger partial charge on any atom is 0.303 e. The Bertz CT molecular complexity index is 606. The maximum atomic E-state index is 10.5. The third kappa shape index (κ3) is 9.93. The number of benzene rings is 1. The zero-order valence-electron chi connectivity index (χ0n) is 13.3. The minimum atomic E-state index is -0.707. The van der Waals surface area contributed by atoms with Gasteiger partial charge in [-0.3, -0.25) is 9.59 Å². The predicted octanol–water partition coefficient (Wildman–Crippen LogP) is 4.06. The molecule has 1 N–H and O–H groups in total. The van der Waals surface area contributed by atoms with E-state index in [1.807, 2.05) is 12.1 Å². The summed E-state index contributed by atoms with van der Waals surface area (Å²) in [6, 6.07) is 7.09. The van der Waals surface area contributed by atoms with Crippen molar-refractivity contribution in [1.82, 2.24) is 0 Å². The molecule has 0 radical (unpaired) electrons. The molecule has 0 heterocycles. The largest absolute Gasteiger partial charge is 0.481 e. The van der Waals surface area contributed by atoms with Crippen molar-refractivity contribution in [3.63, 3.8) is 0 Å². The molecule has 0 amide bonds. The molecule has 0 aliphatic carbocycles. The number of carbonyl (C=O) groups is 2. The van der Waals surface area contributed by atoms with Crippen LogP contribution in [0.5, 0.6) is 0 Å². The Morgan fingerprint density at radius 3 is 2.26 bits per heavy atom. The molecule has 1 aromatic carbocycles. The van der Waals surface area contributed by atoms with Gasteiger partial charge in [0.05, 0.1) is 0 Å². The molecular formula is C20H22O3. The number of hydrogen-bond donors (Lipinski definition) is 1. The van der Waals surface area contributed by atoms with Crippen molar-refractivity contribution in [2.24, 2.45) is 0 Å². The maximum absolute atomic E-state index is 10.5. The average Bonchev–Trinajstić information content (AvgIpc) is 2.56. The van der Waals surface area contributed by atoms with E-state index in [1.165, 1.54) is 0 Å². The monoisotopic (exact) mass is 310 g/mol. The van der Waals surface area contributed by atoms with Gasteiger partial charge in [0.25, 0.3) is 0 Å². The summed E-state index contributed by atoms with van der Waals surface area (Å²) in [6.07, 6.45) is 8.11. The van der Waals surface area contributed by atoms with Gasteiger partial charge in [-0.15, -0.1) is 0 Å². The summed E-state index contributed by atoms with van der Waals surface area (Å²) >= 11 is 0. The minimum Gasteiger partial charge on any atom is -0.481 e. The fourth-order valence-electron chi connectivity index (χ4n) is 2.05. The molecule has 23 heavy (non-hydrogen) atoms. The number of hydrogen-bond acceptors (Lipinski definition) is 2. The normalized spacial score (nSPS) is 9.22. The first-order valence-electron chi connectivity index (χ1n) is 7.98. The van der Waals surface area contributed by atoms with E-state index in [1.54, 1.807) is 12.1 Å². The lowest BCUT2D eigenvalue weighted by Gasteiger charge is -1.98. The lowest BCUT2D eigenvalue weighted by molar-refractivity contribution is -0.137. The first kappa shape index (κ1) is 18.5. The highest BCUT2D eigenvalue weighted by atomic mass is 16.4. The summed E-state index contributed by atoms with van der Waals surface area (Å²) < 4.78 is 0. The summed E-state index contributed by atoms with van der Waals surface area (Å²) in [5.74, 6) is 10.9. The number of aldehydes is 1. The van der Waals surface area contributed by atoms with Gasteiger partial charge in [-0.25, -0.2) is 0 Å². The van der Waals surface area contributed by atoms with E-state index in [9.17, 15) is 9.59 Å². The number of carboxylic acid groups (broad SMARTS) is 1. The topological polar surface area (TPSA) is 54.4 Å². The van der Waals surface area contributed by atoms with Crippen molar-refractivity contribution < 1.29 is 14.7 Å². The highest BCUT2D eigenvalue weighted by Gasteiger charge is 1.96. The van der Waals surface area contributed by atoms with E-state index in [4.69, 9.17) is 5.11 Å². The van der Waals surface area contributed by atoms with E-state index < -0.39 is 5.97 Å². The lowest BCUT2D eigenvalue weighted by Crippen LogP contribution is -1.93. The van der Waals surface area contributed by atoms with Crippen molar-refractivity contribution in [3.05, 3.63) is 35.4 Å². The van der Waals surface area contributed by atoms with Gasteiger partial charge >= 0.3 is 5.97 Å². The molecule has 3 nitrogen and oxygen atoms in total. The first-order chi connectivity index (χ1) is 11.2. The zero-order valence-corrected chi connectivity index (χ0v) is 13.3. The highest BCUT2D eigenvalue weighted by Crippen LogP contribution is 2.08. The van der Waals surface area contributed by atoms with Crippen LogP contribution < -0.4 is 0 Å². The van der Waals surface area contributed by atoms with Crippen molar-refractivity contribution in [2.45, 2.75) is 51.4 Å². The predicted molar refractivity (Wildman–Crippen MR) is 91.1 cm³/mol. The van der Waals surface area contributed by atoms with Crippen LogP contribution in [0.4, 0.5) is 0 Å². The molecule has 0 aliphatic heterocycles. The molecule has 0 atom stereocenters.